The van der Waals surface area contributed by atoms with Gasteiger partial charge in [0.1, 0.15) is 0 Å². The van der Waals surface area contributed by atoms with Crippen molar-refractivity contribution in [2.75, 3.05) is 57.9 Å². The summed E-state index contributed by atoms with van der Waals surface area (Å²) in [5.74, 6) is 0. The van der Waals surface area contributed by atoms with Gasteiger partial charge in [0.25, 0.3) is 0 Å². The number of aliphatic hydroxyl groups is 1. The summed E-state index contributed by atoms with van der Waals surface area (Å²) in [4.78, 5) is 20.8. The third-order valence-corrected chi connectivity index (χ3v) is 4.91. The SMILES string of the molecule is O=C(Nc1nc2ccccc2s1)N(CCO)CCN1CCOCC1. The van der Waals surface area contributed by atoms with Gasteiger partial charge in [-0.05, 0) is 12.1 Å². The van der Waals surface area contributed by atoms with Crippen molar-refractivity contribution < 1.29 is 14.6 Å². The highest BCUT2D eigenvalue weighted by atomic mass is 32.1. The Balaban J connectivity index is 1.58. The van der Waals surface area contributed by atoms with E-state index in [1.807, 2.05) is 24.3 Å². The van der Waals surface area contributed by atoms with Gasteiger partial charge in [-0.2, -0.15) is 0 Å². The van der Waals surface area contributed by atoms with Crippen LogP contribution in [-0.2, 0) is 4.74 Å². The monoisotopic (exact) mass is 350 g/mol. The molecule has 2 amide bonds. The second kappa shape index (κ2) is 8.39. The normalized spacial score (nSPS) is 15.5. The van der Waals surface area contributed by atoms with Gasteiger partial charge in [-0.15, -0.1) is 0 Å². The first kappa shape index (κ1) is 17.1. The van der Waals surface area contributed by atoms with Crippen LogP contribution in [0.25, 0.3) is 10.2 Å². The van der Waals surface area contributed by atoms with Crippen molar-refractivity contribution in [3.8, 4) is 0 Å². The smallest absolute Gasteiger partial charge is 0.323 e. The molecule has 0 unspecified atom stereocenters. The number of hydrogen-bond acceptors (Lipinski definition) is 6. The van der Waals surface area contributed by atoms with E-state index in [0.29, 0.717) is 18.2 Å². The zero-order chi connectivity index (χ0) is 16.8. The number of aromatic nitrogens is 1. The van der Waals surface area contributed by atoms with Gasteiger partial charge < -0.3 is 14.7 Å². The summed E-state index contributed by atoms with van der Waals surface area (Å²) in [6.45, 7) is 4.82. The van der Waals surface area contributed by atoms with Crippen molar-refractivity contribution >= 4 is 32.7 Å². The van der Waals surface area contributed by atoms with Gasteiger partial charge in [0.05, 0.1) is 30.0 Å². The zero-order valence-electron chi connectivity index (χ0n) is 13.5. The number of nitrogens with zero attached hydrogens (tertiary/aromatic N) is 3. The van der Waals surface area contributed by atoms with E-state index in [4.69, 9.17) is 4.74 Å². The van der Waals surface area contributed by atoms with Crippen molar-refractivity contribution in [1.82, 2.24) is 14.8 Å². The highest BCUT2D eigenvalue weighted by molar-refractivity contribution is 7.22. The molecule has 2 aromatic rings. The van der Waals surface area contributed by atoms with E-state index in [9.17, 15) is 9.90 Å². The fourth-order valence-corrected chi connectivity index (χ4v) is 3.47. The second-order valence-electron chi connectivity index (χ2n) is 5.58. The van der Waals surface area contributed by atoms with Crippen molar-refractivity contribution in [2.24, 2.45) is 0 Å². The first-order valence-corrected chi connectivity index (χ1v) is 8.90. The molecule has 8 heteroatoms. The summed E-state index contributed by atoms with van der Waals surface area (Å²) in [5, 5.41) is 12.7. The summed E-state index contributed by atoms with van der Waals surface area (Å²) < 4.78 is 6.36. The number of rotatable bonds is 6. The number of para-hydroxylation sites is 1. The number of thiazole rings is 1. The van der Waals surface area contributed by atoms with E-state index >= 15 is 0 Å². The highest BCUT2D eigenvalue weighted by Crippen LogP contribution is 2.25. The Morgan fingerprint density at radius 2 is 2.12 bits per heavy atom. The number of amides is 2. The Morgan fingerprint density at radius 1 is 1.33 bits per heavy atom. The molecule has 0 spiro atoms. The van der Waals surface area contributed by atoms with Gasteiger partial charge in [0.2, 0.25) is 0 Å². The van der Waals surface area contributed by atoms with Crippen LogP contribution in [0.2, 0.25) is 0 Å². The number of aliphatic hydroxyl groups excluding tert-OH is 1. The van der Waals surface area contributed by atoms with E-state index < -0.39 is 0 Å². The molecule has 1 aliphatic rings. The second-order valence-corrected chi connectivity index (χ2v) is 6.61. The first-order valence-electron chi connectivity index (χ1n) is 8.09. The van der Waals surface area contributed by atoms with Crippen LogP contribution in [0.15, 0.2) is 24.3 Å². The number of fused-ring (bicyclic) bond motifs is 1. The van der Waals surface area contributed by atoms with Gasteiger partial charge in [0, 0.05) is 32.7 Å². The Hall–Kier alpha value is -1.74. The van der Waals surface area contributed by atoms with Crippen molar-refractivity contribution in [2.45, 2.75) is 0 Å². The van der Waals surface area contributed by atoms with Gasteiger partial charge >= 0.3 is 6.03 Å². The maximum absolute atomic E-state index is 12.5. The van der Waals surface area contributed by atoms with Crippen LogP contribution < -0.4 is 5.32 Å². The quantitative estimate of drug-likeness (QED) is 0.825. The summed E-state index contributed by atoms with van der Waals surface area (Å²) >= 11 is 1.45. The van der Waals surface area contributed by atoms with Crippen LogP contribution in [0.3, 0.4) is 0 Å². The topological polar surface area (TPSA) is 77.9 Å². The lowest BCUT2D eigenvalue weighted by Gasteiger charge is -2.29. The van der Waals surface area contributed by atoms with Crippen LogP contribution in [0.5, 0.6) is 0 Å². The van der Waals surface area contributed by atoms with Gasteiger partial charge in [-0.1, -0.05) is 23.5 Å². The summed E-state index contributed by atoms with van der Waals surface area (Å²) in [6, 6.07) is 7.55. The van der Waals surface area contributed by atoms with E-state index in [2.05, 4.69) is 15.2 Å². The molecule has 0 aliphatic carbocycles. The number of urea groups is 1. The molecular formula is C16H22N4O3S. The number of nitrogens with one attached hydrogen (secondary N) is 1. The minimum atomic E-state index is -0.226. The fourth-order valence-electron chi connectivity index (χ4n) is 2.62. The predicted octanol–water partition coefficient (Wildman–Crippen LogP) is 1.45. The highest BCUT2D eigenvalue weighted by Gasteiger charge is 2.17. The fraction of sp³-hybridized carbons (Fsp3) is 0.500. The first-order chi connectivity index (χ1) is 11.8. The Kier molecular flexibility index (Phi) is 5.97. The number of carbonyl (C=O) groups is 1. The number of ether oxygens (including phenoxy) is 1. The maximum Gasteiger partial charge on any atom is 0.323 e. The summed E-state index contributed by atoms with van der Waals surface area (Å²) in [6.07, 6.45) is 0. The number of morpholine rings is 1. The number of benzene rings is 1. The number of carbonyl (C=O) groups excluding carboxylic acids is 1. The maximum atomic E-state index is 12.5. The van der Waals surface area contributed by atoms with Crippen molar-refractivity contribution in [1.29, 1.82) is 0 Å². The lowest BCUT2D eigenvalue weighted by Crippen LogP contribution is -2.45. The molecule has 3 rings (SSSR count). The van der Waals surface area contributed by atoms with E-state index in [1.54, 1.807) is 4.90 Å². The molecule has 2 N–H and O–H groups in total. The average molecular weight is 350 g/mol. The molecule has 1 saturated heterocycles. The van der Waals surface area contributed by atoms with Crippen molar-refractivity contribution in [3.63, 3.8) is 0 Å². The molecule has 2 heterocycles. The lowest BCUT2D eigenvalue weighted by molar-refractivity contribution is 0.0346. The lowest BCUT2D eigenvalue weighted by atomic mass is 10.3. The number of anilines is 1. The molecule has 0 radical (unpaired) electrons. The number of hydrogen-bond donors (Lipinski definition) is 2. The third-order valence-electron chi connectivity index (χ3n) is 3.95. The summed E-state index contributed by atoms with van der Waals surface area (Å²) in [5.41, 5.74) is 0.875. The molecular weight excluding hydrogens is 328 g/mol. The Bertz CT molecular complexity index is 639. The largest absolute Gasteiger partial charge is 0.395 e. The Labute approximate surface area is 144 Å². The van der Waals surface area contributed by atoms with Crippen LogP contribution in [0, 0.1) is 0 Å². The van der Waals surface area contributed by atoms with E-state index in [-0.39, 0.29) is 12.6 Å². The van der Waals surface area contributed by atoms with Crippen LogP contribution in [0.1, 0.15) is 0 Å². The minimum absolute atomic E-state index is 0.0592. The minimum Gasteiger partial charge on any atom is -0.395 e. The van der Waals surface area contributed by atoms with Gasteiger partial charge in [-0.3, -0.25) is 10.2 Å². The van der Waals surface area contributed by atoms with Crippen LogP contribution >= 0.6 is 11.3 Å². The molecule has 1 fully saturated rings. The predicted molar refractivity (Wildman–Crippen MR) is 94.6 cm³/mol. The molecule has 1 aromatic heterocycles. The van der Waals surface area contributed by atoms with Crippen LogP contribution in [-0.4, -0.2) is 78.5 Å². The summed E-state index contributed by atoms with van der Waals surface area (Å²) in [7, 11) is 0. The molecule has 1 aromatic carbocycles. The van der Waals surface area contributed by atoms with Gasteiger partial charge in [-0.25, -0.2) is 9.78 Å². The molecule has 7 nitrogen and oxygen atoms in total. The molecule has 0 atom stereocenters. The van der Waals surface area contributed by atoms with E-state index in [0.717, 1.165) is 43.1 Å². The van der Waals surface area contributed by atoms with Gasteiger partial charge in [0.15, 0.2) is 5.13 Å². The standard InChI is InChI=1S/C16H22N4O3S/c21-10-7-20(6-5-19-8-11-23-12-9-19)16(22)18-15-17-13-3-1-2-4-14(13)24-15/h1-4,21H,5-12H2,(H,17,18,22). The molecule has 24 heavy (non-hydrogen) atoms. The Morgan fingerprint density at radius 3 is 2.88 bits per heavy atom. The molecule has 0 saturated carbocycles. The van der Waals surface area contributed by atoms with Crippen LogP contribution in [0.4, 0.5) is 9.93 Å². The average Bonchev–Trinajstić information content (AvgIpc) is 3.01. The third kappa shape index (κ3) is 4.41. The van der Waals surface area contributed by atoms with E-state index in [1.165, 1.54) is 11.3 Å². The molecule has 0 bridgehead atoms. The molecule has 1 aliphatic heterocycles. The molecule has 130 valence electrons. The zero-order valence-corrected chi connectivity index (χ0v) is 14.3. The van der Waals surface area contributed by atoms with Crippen molar-refractivity contribution in [3.05, 3.63) is 24.3 Å².